The molecule has 1 aliphatic rings. The van der Waals surface area contributed by atoms with E-state index >= 15 is 0 Å². The van der Waals surface area contributed by atoms with Crippen LogP contribution in [-0.4, -0.2) is 24.8 Å². The summed E-state index contributed by atoms with van der Waals surface area (Å²) in [6.07, 6.45) is 6.28. The Morgan fingerprint density at radius 3 is 2.38 bits per heavy atom. The molecule has 1 unspecified atom stereocenters. The van der Waals surface area contributed by atoms with Crippen molar-refractivity contribution in [2.24, 2.45) is 11.8 Å². The fraction of sp³-hybridized carbons (Fsp3) is 1.00. The van der Waals surface area contributed by atoms with Gasteiger partial charge in [-0.1, -0.05) is 26.2 Å². The second-order valence-electron chi connectivity index (χ2n) is 4.31. The first-order valence-electron chi connectivity index (χ1n) is 5.60. The minimum atomic E-state index is -0.122. The van der Waals surface area contributed by atoms with Gasteiger partial charge in [0.05, 0.1) is 6.10 Å². The molecular weight excluding hydrogens is 162 g/mol. The number of aliphatic hydroxyl groups excluding tert-OH is 1. The molecule has 2 N–H and O–H groups in total. The predicted octanol–water partition coefficient (Wildman–Crippen LogP) is 1.78. The van der Waals surface area contributed by atoms with Gasteiger partial charge in [-0.2, -0.15) is 0 Å². The highest BCUT2D eigenvalue weighted by molar-refractivity contribution is 4.77. The summed E-state index contributed by atoms with van der Waals surface area (Å²) < 4.78 is 0. The molecule has 1 fully saturated rings. The van der Waals surface area contributed by atoms with Crippen molar-refractivity contribution in [1.29, 1.82) is 0 Å². The molecule has 2 heteroatoms. The van der Waals surface area contributed by atoms with Crippen LogP contribution in [0.3, 0.4) is 0 Å². The average molecular weight is 185 g/mol. The fourth-order valence-electron chi connectivity index (χ4n) is 2.36. The molecule has 0 spiro atoms. The number of nitrogens with one attached hydrogen (secondary N) is 1. The largest absolute Gasteiger partial charge is 0.392 e. The maximum Gasteiger partial charge on any atom is 0.0692 e. The Balaban J connectivity index is 2.23. The molecule has 2 nitrogen and oxygen atoms in total. The van der Waals surface area contributed by atoms with Crippen molar-refractivity contribution in [2.75, 3.05) is 13.6 Å². The van der Waals surface area contributed by atoms with E-state index in [1.165, 1.54) is 32.1 Å². The first-order valence-corrected chi connectivity index (χ1v) is 5.60. The molecular formula is C11H23NO. The molecule has 1 saturated carbocycles. The lowest BCUT2D eigenvalue weighted by Crippen LogP contribution is -2.33. The van der Waals surface area contributed by atoms with E-state index in [1.807, 2.05) is 7.05 Å². The topological polar surface area (TPSA) is 32.3 Å². The lowest BCUT2D eigenvalue weighted by Gasteiger charge is -2.30. The molecule has 78 valence electrons. The van der Waals surface area contributed by atoms with Crippen LogP contribution in [0.25, 0.3) is 0 Å². The van der Waals surface area contributed by atoms with Gasteiger partial charge >= 0.3 is 0 Å². The molecule has 0 heterocycles. The third kappa shape index (κ3) is 3.28. The first kappa shape index (κ1) is 11.0. The van der Waals surface area contributed by atoms with Crippen molar-refractivity contribution >= 4 is 0 Å². The van der Waals surface area contributed by atoms with Gasteiger partial charge in [-0.3, -0.25) is 0 Å². The van der Waals surface area contributed by atoms with Crippen molar-refractivity contribution in [3.63, 3.8) is 0 Å². The normalized spacial score (nSPS) is 31.6. The summed E-state index contributed by atoms with van der Waals surface area (Å²) in [6.45, 7) is 3.02. The Labute approximate surface area is 81.7 Å². The Hall–Kier alpha value is -0.0800. The second kappa shape index (κ2) is 5.61. The lowest BCUT2D eigenvalue weighted by molar-refractivity contribution is 0.0744. The van der Waals surface area contributed by atoms with E-state index in [2.05, 4.69) is 12.2 Å². The zero-order chi connectivity index (χ0) is 9.68. The Bertz CT molecular complexity index is 130. The number of likely N-dealkylation sites (N-methyl/N-ethyl adjacent to an activating group) is 1. The van der Waals surface area contributed by atoms with Crippen LogP contribution in [-0.2, 0) is 0 Å². The van der Waals surface area contributed by atoms with Gasteiger partial charge in [0, 0.05) is 6.54 Å². The van der Waals surface area contributed by atoms with Gasteiger partial charge < -0.3 is 10.4 Å². The van der Waals surface area contributed by atoms with Crippen LogP contribution in [0.2, 0.25) is 0 Å². The van der Waals surface area contributed by atoms with E-state index in [1.54, 1.807) is 0 Å². The van der Waals surface area contributed by atoms with Crippen molar-refractivity contribution in [1.82, 2.24) is 5.32 Å². The monoisotopic (exact) mass is 185 g/mol. The van der Waals surface area contributed by atoms with E-state index in [-0.39, 0.29) is 6.10 Å². The first-order chi connectivity index (χ1) is 6.27. The summed E-state index contributed by atoms with van der Waals surface area (Å²) in [5.41, 5.74) is 0. The van der Waals surface area contributed by atoms with Crippen LogP contribution in [0.5, 0.6) is 0 Å². The fourth-order valence-corrected chi connectivity index (χ4v) is 2.36. The number of aliphatic hydroxyl groups is 1. The summed E-state index contributed by atoms with van der Waals surface area (Å²) in [4.78, 5) is 0. The molecule has 0 aromatic carbocycles. The highest BCUT2D eigenvalue weighted by atomic mass is 16.3. The van der Waals surface area contributed by atoms with Crippen molar-refractivity contribution in [2.45, 2.75) is 45.1 Å². The van der Waals surface area contributed by atoms with Gasteiger partial charge in [-0.05, 0) is 31.7 Å². The maximum absolute atomic E-state index is 9.77. The van der Waals surface area contributed by atoms with Gasteiger partial charge in [0.1, 0.15) is 0 Å². The van der Waals surface area contributed by atoms with E-state index in [0.717, 1.165) is 12.5 Å². The predicted molar refractivity (Wildman–Crippen MR) is 55.7 cm³/mol. The smallest absolute Gasteiger partial charge is 0.0692 e. The SMILES string of the molecule is CCC1CCC(C(O)CNC)CC1. The van der Waals surface area contributed by atoms with Crippen molar-refractivity contribution in [3.05, 3.63) is 0 Å². The number of hydrogen-bond acceptors (Lipinski definition) is 2. The summed E-state index contributed by atoms with van der Waals surface area (Å²) in [5.74, 6) is 1.48. The minimum Gasteiger partial charge on any atom is -0.392 e. The van der Waals surface area contributed by atoms with Gasteiger partial charge in [0.25, 0.3) is 0 Å². The maximum atomic E-state index is 9.77. The zero-order valence-corrected chi connectivity index (χ0v) is 8.92. The third-order valence-corrected chi connectivity index (χ3v) is 3.43. The molecule has 13 heavy (non-hydrogen) atoms. The molecule has 0 saturated heterocycles. The van der Waals surface area contributed by atoms with Gasteiger partial charge in [-0.15, -0.1) is 0 Å². The van der Waals surface area contributed by atoms with Crippen molar-refractivity contribution in [3.8, 4) is 0 Å². The molecule has 0 aromatic heterocycles. The van der Waals surface area contributed by atoms with Crippen LogP contribution >= 0.6 is 0 Å². The molecule has 1 aliphatic carbocycles. The standard InChI is InChI=1S/C11H23NO/c1-3-9-4-6-10(7-5-9)11(13)8-12-2/h9-13H,3-8H2,1-2H3. The highest BCUT2D eigenvalue weighted by Crippen LogP contribution is 2.32. The minimum absolute atomic E-state index is 0.122. The molecule has 0 radical (unpaired) electrons. The molecule has 1 rings (SSSR count). The Morgan fingerprint density at radius 2 is 1.92 bits per heavy atom. The van der Waals surface area contributed by atoms with Crippen LogP contribution in [0.15, 0.2) is 0 Å². The third-order valence-electron chi connectivity index (χ3n) is 3.43. The van der Waals surface area contributed by atoms with Crippen LogP contribution in [0.4, 0.5) is 0 Å². The lowest BCUT2D eigenvalue weighted by atomic mass is 9.78. The second-order valence-corrected chi connectivity index (χ2v) is 4.31. The van der Waals surface area contributed by atoms with Crippen LogP contribution < -0.4 is 5.32 Å². The quantitative estimate of drug-likeness (QED) is 0.700. The summed E-state index contributed by atoms with van der Waals surface area (Å²) in [6, 6.07) is 0. The van der Waals surface area contributed by atoms with E-state index in [0.29, 0.717) is 5.92 Å². The van der Waals surface area contributed by atoms with E-state index in [9.17, 15) is 5.11 Å². The zero-order valence-electron chi connectivity index (χ0n) is 8.92. The summed E-state index contributed by atoms with van der Waals surface area (Å²) in [5, 5.41) is 12.8. The molecule has 0 amide bonds. The number of hydrogen-bond donors (Lipinski definition) is 2. The van der Waals surface area contributed by atoms with Gasteiger partial charge in [0.15, 0.2) is 0 Å². The molecule has 0 bridgehead atoms. The molecule has 0 aromatic rings. The molecule has 0 aliphatic heterocycles. The van der Waals surface area contributed by atoms with Gasteiger partial charge in [-0.25, -0.2) is 0 Å². The summed E-state index contributed by atoms with van der Waals surface area (Å²) >= 11 is 0. The van der Waals surface area contributed by atoms with E-state index < -0.39 is 0 Å². The average Bonchev–Trinajstić information content (AvgIpc) is 2.18. The Kier molecular flexibility index (Phi) is 4.74. The van der Waals surface area contributed by atoms with Crippen LogP contribution in [0.1, 0.15) is 39.0 Å². The van der Waals surface area contributed by atoms with Crippen LogP contribution in [0, 0.1) is 11.8 Å². The van der Waals surface area contributed by atoms with Gasteiger partial charge in [0.2, 0.25) is 0 Å². The molecule has 1 atom stereocenters. The number of rotatable bonds is 4. The van der Waals surface area contributed by atoms with E-state index in [4.69, 9.17) is 0 Å². The Morgan fingerprint density at radius 1 is 1.31 bits per heavy atom. The highest BCUT2D eigenvalue weighted by Gasteiger charge is 2.24. The van der Waals surface area contributed by atoms with Crippen molar-refractivity contribution < 1.29 is 5.11 Å². The summed E-state index contributed by atoms with van der Waals surface area (Å²) in [7, 11) is 1.90.